The topological polar surface area (TPSA) is 41.1 Å². The van der Waals surface area contributed by atoms with Gasteiger partial charge in [0.15, 0.2) is 5.78 Å². The molecule has 0 aromatic heterocycles. The van der Waals surface area contributed by atoms with Crippen LogP contribution in [0.4, 0.5) is 11.4 Å². The van der Waals surface area contributed by atoms with Crippen molar-refractivity contribution in [2.75, 3.05) is 23.7 Å². The van der Waals surface area contributed by atoms with Crippen LogP contribution in [0.5, 0.6) is 0 Å². The van der Waals surface area contributed by atoms with Gasteiger partial charge >= 0.3 is 0 Å². The summed E-state index contributed by atoms with van der Waals surface area (Å²) in [6.07, 6.45) is 26.9. The molecule has 0 saturated carbocycles. The molecule has 0 aliphatic heterocycles. The number of ketones is 1. The molecule has 1 aliphatic carbocycles. The average molecular weight is 699 g/mol. The zero-order valence-corrected chi connectivity index (χ0v) is 32.5. The van der Waals surface area contributed by atoms with Gasteiger partial charge in [-0.3, -0.25) is 4.79 Å². The Balaban J connectivity index is 1.13. The summed E-state index contributed by atoms with van der Waals surface area (Å²) in [5.74, 6) is 0.125. The van der Waals surface area contributed by atoms with Gasteiger partial charge in [-0.2, -0.15) is 0 Å². The lowest BCUT2D eigenvalue weighted by atomic mass is 9.97. The van der Waals surface area contributed by atoms with Gasteiger partial charge in [0.2, 0.25) is 0 Å². The summed E-state index contributed by atoms with van der Waals surface area (Å²) in [5.41, 5.74) is 10.5. The maximum atomic E-state index is 14.0. The molecule has 0 saturated heterocycles. The smallest absolute Gasteiger partial charge is 0.194 e. The second-order valence-electron chi connectivity index (χ2n) is 15.2. The number of carbonyl (C=O) groups is 1. The Morgan fingerprint density at radius 1 is 0.365 bits per heavy atom. The summed E-state index contributed by atoms with van der Waals surface area (Å²) in [7, 11) is 0. The highest BCUT2D eigenvalue weighted by atomic mass is 16.1. The van der Waals surface area contributed by atoms with E-state index in [9.17, 15) is 4.79 Å². The molecule has 278 valence electrons. The Hall–Kier alpha value is -3.85. The molecule has 1 aliphatic rings. The van der Waals surface area contributed by atoms with E-state index in [0.717, 1.165) is 69.0 Å². The molecule has 3 nitrogen and oxygen atoms in total. The van der Waals surface area contributed by atoms with Crippen LogP contribution in [0.2, 0.25) is 0 Å². The lowest BCUT2D eigenvalue weighted by Gasteiger charge is -2.13. The quantitative estimate of drug-likeness (QED) is 0.0565. The van der Waals surface area contributed by atoms with Crippen molar-refractivity contribution in [2.24, 2.45) is 0 Å². The first-order valence-corrected chi connectivity index (χ1v) is 21.2. The first-order valence-electron chi connectivity index (χ1n) is 21.2. The molecule has 3 heteroatoms. The summed E-state index contributed by atoms with van der Waals surface area (Å²) in [5, 5.41) is 7.42. The van der Waals surface area contributed by atoms with Crippen LogP contribution in [0.15, 0.2) is 84.9 Å². The lowest BCUT2D eigenvalue weighted by Crippen LogP contribution is -2.03. The minimum atomic E-state index is 0.125. The van der Waals surface area contributed by atoms with Crippen molar-refractivity contribution in [3.8, 4) is 33.4 Å². The van der Waals surface area contributed by atoms with Crippen LogP contribution in [0, 0.1) is 0 Å². The number of para-hydroxylation sites is 2. The van der Waals surface area contributed by atoms with E-state index in [-0.39, 0.29) is 5.78 Å². The monoisotopic (exact) mass is 699 g/mol. The van der Waals surface area contributed by atoms with Crippen molar-refractivity contribution in [1.29, 1.82) is 0 Å². The maximum absolute atomic E-state index is 14.0. The van der Waals surface area contributed by atoms with Crippen molar-refractivity contribution >= 4 is 17.2 Å². The van der Waals surface area contributed by atoms with E-state index in [1.165, 1.54) is 128 Å². The van der Waals surface area contributed by atoms with E-state index in [0.29, 0.717) is 0 Å². The SMILES string of the molecule is CCCCCCCCCCCCNc1ccccc1-c1ccc2c(c1)C(=O)c1cc(-c3ccccc3NCCCCCCCCCCCC)ccc1-2. The second-order valence-corrected chi connectivity index (χ2v) is 15.2. The van der Waals surface area contributed by atoms with E-state index >= 15 is 0 Å². The minimum Gasteiger partial charge on any atom is -0.385 e. The molecule has 0 atom stereocenters. The van der Waals surface area contributed by atoms with Gasteiger partial charge < -0.3 is 10.6 Å². The average Bonchev–Trinajstić information content (AvgIpc) is 3.46. The molecule has 0 bridgehead atoms. The number of hydrogen-bond acceptors (Lipinski definition) is 3. The van der Waals surface area contributed by atoms with Crippen LogP contribution in [0.1, 0.15) is 158 Å². The van der Waals surface area contributed by atoms with Crippen LogP contribution >= 0.6 is 0 Å². The molecule has 0 unspecified atom stereocenters. The fourth-order valence-electron chi connectivity index (χ4n) is 7.86. The minimum absolute atomic E-state index is 0.125. The number of rotatable bonds is 26. The molecule has 0 amide bonds. The molecule has 0 heterocycles. The van der Waals surface area contributed by atoms with E-state index in [1.54, 1.807) is 0 Å². The number of nitrogens with one attached hydrogen (secondary N) is 2. The molecule has 0 fully saturated rings. The number of unbranched alkanes of at least 4 members (excludes halogenated alkanes) is 18. The Bertz CT molecular complexity index is 1530. The van der Waals surface area contributed by atoms with Gasteiger partial charge in [-0.15, -0.1) is 0 Å². The van der Waals surface area contributed by atoms with Crippen molar-refractivity contribution < 1.29 is 4.79 Å². The zero-order valence-electron chi connectivity index (χ0n) is 32.5. The van der Waals surface area contributed by atoms with Gasteiger partial charge in [0.1, 0.15) is 0 Å². The molecule has 2 N–H and O–H groups in total. The first kappa shape index (κ1) is 39.4. The fourth-order valence-corrected chi connectivity index (χ4v) is 7.86. The highest BCUT2D eigenvalue weighted by molar-refractivity contribution is 6.22. The van der Waals surface area contributed by atoms with Crippen molar-refractivity contribution in [1.82, 2.24) is 0 Å². The number of benzene rings is 4. The normalized spacial score (nSPS) is 11.8. The Labute approximate surface area is 316 Å². The maximum Gasteiger partial charge on any atom is 0.194 e. The third-order valence-electron chi connectivity index (χ3n) is 11.0. The summed E-state index contributed by atoms with van der Waals surface area (Å²) in [4.78, 5) is 14.0. The van der Waals surface area contributed by atoms with Crippen LogP contribution in [0.25, 0.3) is 33.4 Å². The highest BCUT2D eigenvalue weighted by Gasteiger charge is 2.28. The third kappa shape index (κ3) is 11.6. The standard InChI is InChI=1S/C49H66N2O/c1-3-5-7-9-11-13-15-17-19-25-35-50-47-29-23-21-27-41(47)39-31-33-43-44-34-32-40(38-46(44)49(52)45(43)37-39)42-28-22-24-30-48(42)51-36-26-20-18-16-14-12-10-8-6-4-2/h21-24,27-34,37-38,50-51H,3-20,25-26,35-36H2,1-2H3. The van der Waals surface area contributed by atoms with Crippen LogP contribution in [-0.2, 0) is 0 Å². The van der Waals surface area contributed by atoms with Crippen LogP contribution in [-0.4, -0.2) is 18.9 Å². The second kappa shape index (κ2) is 22.3. The largest absolute Gasteiger partial charge is 0.385 e. The Morgan fingerprint density at radius 2 is 0.712 bits per heavy atom. The first-order chi connectivity index (χ1) is 25.7. The number of anilines is 2. The number of fused-ring (bicyclic) bond motifs is 3. The fraction of sp³-hybridized carbons (Fsp3) is 0.490. The van der Waals surface area contributed by atoms with Gasteiger partial charge in [0.05, 0.1) is 0 Å². The van der Waals surface area contributed by atoms with E-state index in [4.69, 9.17) is 0 Å². The van der Waals surface area contributed by atoms with Crippen LogP contribution < -0.4 is 10.6 Å². The van der Waals surface area contributed by atoms with Crippen molar-refractivity contribution in [3.63, 3.8) is 0 Å². The summed E-state index contributed by atoms with van der Waals surface area (Å²) in [6.45, 7) is 6.51. The molecule has 0 spiro atoms. The summed E-state index contributed by atoms with van der Waals surface area (Å²) < 4.78 is 0. The van der Waals surface area contributed by atoms with E-state index in [2.05, 4.69) is 109 Å². The van der Waals surface area contributed by atoms with Crippen LogP contribution in [0.3, 0.4) is 0 Å². The van der Waals surface area contributed by atoms with Gasteiger partial charge in [-0.05, 0) is 59.4 Å². The predicted octanol–water partition coefficient (Wildman–Crippen LogP) is 14.9. The molecule has 52 heavy (non-hydrogen) atoms. The van der Waals surface area contributed by atoms with Crippen molar-refractivity contribution in [2.45, 2.75) is 142 Å². The molecule has 4 aromatic carbocycles. The Morgan fingerprint density at radius 3 is 1.10 bits per heavy atom. The van der Waals surface area contributed by atoms with E-state index in [1.807, 2.05) is 0 Å². The van der Waals surface area contributed by atoms with Gasteiger partial charge in [0.25, 0.3) is 0 Å². The lowest BCUT2D eigenvalue weighted by molar-refractivity contribution is 0.104. The highest BCUT2D eigenvalue weighted by Crippen LogP contribution is 2.42. The summed E-state index contributed by atoms with van der Waals surface area (Å²) >= 11 is 0. The third-order valence-corrected chi connectivity index (χ3v) is 11.0. The molecule has 0 radical (unpaired) electrons. The van der Waals surface area contributed by atoms with Gasteiger partial charge in [-0.1, -0.05) is 190 Å². The zero-order chi connectivity index (χ0) is 36.2. The van der Waals surface area contributed by atoms with Gasteiger partial charge in [-0.25, -0.2) is 0 Å². The number of hydrogen-bond donors (Lipinski definition) is 2. The van der Waals surface area contributed by atoms with Gasteiger partial charge in [0, 0.05) is 46.7 Å². The van der Waals surface area contributed by atoms with Crippen molar-refractivity contribution in [3.05, 3.63) is 96.1 Å². The molecular formula is C49H66N2O. The number of carbonyl (C=O) groups excluding carboxylic acids is 1. The predicted molar refractivity (Wildman–Crippen MR) is 227 cm³/mol. The molecule has 4 aromatic rings. The molecular weight excluding hydrogens is 633 g/mol. The molecule has 5 rings (SSSR count). The Kier molecular flexibility index (Phi) is 16.9. The van der Waals surface area contributed by atoms with E-state index < -0.39 is 0 Å². The summed E-state index contributed by atoms with van der Waals surface area (Å²) in [6, 6.07) is 30.0.